The van der Waals surface area contributed by atoms with Crippen LogP contribution in [0.4, 0.5) is 5.69 Å². The summed E-state index contributed by atoms with van der Waals surface area (Å²) in [7, 11) is -0.358. The number of aromatic nitrogens is 2. The van der Waals surface area contributed by atoms with Gasteiger partial charge in [0.05, 0.1) is 19.4 Å². The number of aryl methyl sites for hydroxylation is 1. The molecule has 26 heavy (non-hydrogen) atoms. The van der Waals surface area contributed by atoms with Crippen LogP contribution in [0.3, 0.4) is 0 Å². The van der Waals surface area contributed by atoms with E-state index in [1.165, 1.54) is 16.8 Å². The van der Waals surface area contributed by atoms with Crippen LogP contribution in [0.25, 0.3) is 0 Å². The molecule has 2 aromatic rings. The molecule has 0 saturated carbocycles. The lowest BCUT2D eigenvalue weighted by Gasteiger charge is -2.27. The average Bonchev–Trinajstić information content (AvgIpc) is 3.06. The fraction of sp³-hybridized carbons (Fsp3) is 0.412. The molecule has 0 fully saturated rings. The molecular weight excluding hydrogens is 356 g/mol. The summed E-state index contributed by atoms with van der Waals surface area (Å²) in [5.74, 6) is -0.138. The lowest BCUT2D eigenvalue weighted by atomic mass is 10.0. The number of rotatable bonds is 6. The first-order chi connectivity index (χ1) is 12.4. The van der Waals surface area contributed by atoms with Gasteiger partial charge >= 0.3 is 0 Å². The van der Waals surface area contributed by atoms with Gasteiger partial charge in [0.25, 0.3) is 10.0 Å². The predicted octanol–water partition coefficient (Wildman–Crippen LogP) is 1.14. The second kappa shape index (κ2) is 7.56. The molecule has 0 atom stereocenters. The number of benzene rings is 1. The molecule has 2 heterocycles. The summed E-state index contributed by atoms with van der Waals surface area (Å²) in [6.45, 7) is 1.02. The summed E-state index contributed by atoms with van der Waals surface area (Å²) in [4.78, 5) is 15.8. The Morgan fingerprint density at radius 3 is 2.85 bits per heavy atom. The Balaban J connectivity index is 1.77. The van der Waals surface area contributed by atoms with Crippen molar-refractivity contribution in [2.45, 2.75) is 24.4 Å². The van der Waals surface area contributed by atoms with Gasteiger partial charge in [0.15, 0.2) is 5.03 Å². The van der Waals surface area contributed by atoms with Gasteiger partial charge in [-0.05, 0) is 29.7 Å². The second-order valence-electron chi connectivity index (χ2n) is 6.24. The zero-order valence-corrected chi connectivity index (χ0v) is 15.6. The van der Waals surface area contributed by atoms with Gasteiger partial charge in [-0.1, -0.05) is 6.07 Å². The number of sulfonamides is 1. The van der Waals surface area contributed by atoms with E-state index in [0.717, 1.165) is 11.1 Å². The van der Waals surface area contributed by atoms with Crippen LogP contribution in [0.2, 0.25) is 0 Å². The Kier molecular flexibility index (Phi) is 5.40. The van der Waals surface area contributed by atoms with E-state index in [0.29, 0.717) is 25.3 Å². The number of carbonyl (C=O) groups is 1. The van der Waals surface area contributed by atoms with Crippen LogP contribution in [0, 0.1) is 0 Å². The number of hydrogen-bond donors (Lipinski definition) is 1. The Morgan fingerprint density at radius 1 is 1.35 bits per heavy atom. The first-order valence-electron chi connectivity index (χ1n) is 8.29. The highest BCUT2D eigenvalue weighted by molar-refractivity contribution is 7.89. The molecule has 0 spiro atoms. The molecular formula is C17H22N4O4S. The van der Waals surface area contributed by atoms with E-state index in [9.17, 15) is 13.2 Å². The highest BCUT2D eigenvalue weighted by atomic mass is 32.2. The molecule has 1 aliphatic heterocycles. The van der Waals surface area contributed by atoms with Crippen LogP contribution in [-0.4, -0.2) is 48.4 Å². The first-order valence-corrected chi connectivity index (χ1v) is 9.73. The van der Waals surface area contributed by atoms with Crippen LogP contribution in [-0.2, 0) is 39.6 Å². The highest BCUT2D eigenvalue weighted by Crippen LogP contribution is 2.26. The number of nitrogens with zero attached hydrogens (tertiary/aromatic N) is 3. The van der Waals surface area contributed by atoms with E-state index in [-0.39, 0.29) is 23.9 Å². The molecule has 1 amide bonds. The summed E-state index contributed by atoms with van der Waals surface area (Å²) < 4.78 is 33.4. The normalized spacial score (nSPS) is 14.8. The van der Waals surface area contributed by atoms with Crippen LogP contribution in [0.5, 0.6) is 0 Å². The summed E-state index contributed by atoms with van der Waals surface area (Å²) >= 11 is 0. The third-order valence-corrected chi connectivity index (χ3v) is 6.02. The Hall–Kier alpha value is -2.23. The van der Waals surface area contributed by atoms with Crippen LogP contribution in [0.15, 0.2) is 35.7 Å². The van der Waals surface area contributed by atoms with Crippen molar-refractivity contribution in [3.63, 3.8) is 0 Å². The zero-order chi connectivity index (χ0) is 18.7. The van der Waals surface area contributed by atoms with Crippen molar-refractivity contribution in [2.75, 3.05) is 25.6 Å². The fourth-order valence-corrected chi connectivity index (χ4v) is 4.27. The van der Waals surface area contributed by atoms with Gasteiger partial charge in [0.2, 0.25) is 5.91 Å². The molecule has 1 aliphatic rings. The minimum Gasteiger partial charge on any atom is -0.384 e. The molecule has 1 N–H and O–H groups in total. The van der Waals surface area contributed by atoms with Crippen molar-refractivity contribution in [2.24, 2.45) is 7.05 Å². The number of methoxy groups -OCH3 is 1. The number of fused-ring (bicyclic) bond motifs is 1. The number of carbonyl (C=O) groups excluding carboxylic acids is 1. The zero-order valence-electron chi connectivity index (χ0n) is 14.8. The van der Waals surface area contributed by atoms with Crippen LogP contribution < -0.4 is 5.32 Å². The first kappa shape index (κ1) is 18.6. The average molecular weight is 378 g/mol. The van der Waals surface area contributed by atoms with E-state index in [1.807, 2.05) is 18.2 Å². The van der Waals surface area contributed by atoms with E-state index >= 15 is 0 Å². The number of anilines is 1. The minimum atomic E-state index is -3.63. The molecule has 1 aromatic carbocycles. The molecule has 0 unspecified atom stereocenters. The Morgan fingerprint density at radius 2 is 2.15 bits per heavy atom. The molecule has 140 valence electrons. The maximum absolute atomic E-state index is 12.8. The molecule has 8 nitrogen and oxygen atoms in total. The molecule has 9 heteroatoms. The fourth-order valence-electron chi connectivity index (χ4n) is 2.89. The third-order valence-electron chi connectivity index (χ3n) is 4.29. The van der Waals surface area contributed by atoms with Gasteiger partial charge in [-0.15, -0.1) is 0 Å². The monoisotopic (exact) mass is 378 g/mol. The second-order valence-corrected chi connectivity index (χ2v) is 8.13. The smallest absolute Gasteiger partial charge is 0.262 e. The van der Waals surface area contributed by atoms with E-state index < -0.39 is 10.0 Å². The van der Waals surface area contributed by atoms with Gasteiger partial charge in [-0.25, -0.2) is 13.4 Å². The SMILES string of the molecule is COCCC(=O)Nc1ccc2c(c1)CN(S(=O)(=O)c1cn(C)cn1)CC2. The number of ether oxygens (including phenoxy) is 1. The maximum Gasteiger partial charge on any atom is 0.262 e. The summed E-state index contributed by atoms with van der Waals surface area (Å²) in [5.41, 5.74) is 2.63. The number of nitrogens with one attached hydrogen (secondary N) is 1. The van der Waals surface area contributed by atoms with Gasteiger partial charge in [0, 0.05) is 39.1 Å². The Bertz CT molecular complexity index is 907. The molecule has 0 radical (unpaired) electrons. The number of amides is 1. The van der Waals surface area contributed by atoms with Crippen LogP contribution >= 0.6 is 0 Å². The third kappa shape index (κ3) is 3.95. The molecule has 0 saturated heterocycles. The van der Waals surface area contributed by atoms with Gasteiger partial charge in [0.1, 0.15) is 0 Å². The molecule has 1 aromatic heterocycles. The van der Waals surface area contributed by atoms with E-state index in [1.54, 1.807) is 18.7 Å². The van der Waals surface area contributed by atoms with Gasteiger partial charge < -0.3 is 14.6 Å². The molecule has 3 rings (SSSR count). The van der Waals surface area contributed by atoms with Crippen molar-refractivity contribution in [3.8, 4) is 0 Å². The van der Waals surface area contributed by atoms with E-state index in [4.69, 9.17) is 4.74 Å². The van der Waals surface area contributed by atoms with Crippen molar-refractivity contribution >= 4 is 21.6 Å². The molecule has 0 bridgehead atoms. The Labute approximate surface area is 152 Å². The quantitative estimate of drug-likeness (QED) is 0.814. The standard InChI is InChI=1S/C17H22N4O4S/c1-20-11-17(18-12-20)26(23,24)21-7-5-13-3-4-15(9-14(13)10-21)19-16(22)6-8-25-2/h3-4,9,11-12H,5-8,10H2,1-2H3,(H,19,22). The van der Waals surface area contributed by atoms with Crippen LogP contribution in [0.1, 0.15) is 17.5 Å². The topological polar surface area (TPSA) is 93.5 Å². The van der Waals surface area contributed by atoms with Crippen molar-refractivity contribution in [1.29, 1.82) is 0 Å². The summed E-state index contributed by atoms with van der Waals surface area (Å²) in [5, 5.41) is 2.86. The van der Waals surface area contributed by atoms with Crippen molar-refractivity contribution < 1.29 is 17.9 Å². The van der Waals surface area contributed by atoms with Crippen molar-refractivity contribution in [3.05, 3.63) is 41.9 Å². The lowest BCUT2D eigenvalue weighted by Crippen LogP contribution is -2.36. The minimum absolute atomic E-state index is 0.0486. The highest BCUT2D eigenvalue weighted by Gasteiger charge is 2.30. The lowest BCUT2D eigenvalue weighted by molar-refractivity contribution is -0.117. The maximum atomic E-state index is 12.8. The van der Waals surface area contributed by atoms with Crippen molar-refractivity contribution in [1.82, 2.24) is 13.9 Å². The number of hydrogen-bond acceptors (Lipinski definition) is 5. The predicted molar refractivity (Wildman–Crippen MR) is 96.1 cm³/mol. The van der Waals surface area contributed by atoms with Gasteiger partial charge in [-0.2, -0.15) is 4.31 Å². The van der Waals surface area contributed by atoms with Gasteiger partial charge in [-0.3, -0.25) is 4.79 Å². The molecule has 0 aliphatic carbocycles. The number of imidazole rings is 1. The van der Waals surface area contributed by atoms with E-state index in [2.05, 4.69) is 10.3 Å². The summed E-state index contributed by atoms with van der Waals surface area (Å²) in [6, 6.07) is 5.61. The largest absolute Gasteiger partial charge is 0.384 e. The summed E-state index contributed by atoms with van der Waals surface area (Å²) in [6.07, 6.45) is 3.86.